The fourth-order valence-electron chi connectivity index (χ4n) is 0.981. The van der Waals surface area contributed by atoms with Gasteiger partial charge >= 0.3 is 0 Å². The second kappa shape index (κ2) is 5.19. The Hall–Kier alpha value is -0.500. The maximum atomic E-state index is 5.37. The minimum atomic E-state index is 0.834. The van der Waals surface area contributed by atoms with Crippen LogP contribution in [-0.2, 0) is 0 Å². The van der Waals surface area contributed by atoms with Crippen molar-refractivity contribution in [1.29, 1.82) is 0 Å². The van der Waals surface area contributed by atoms with E-state index in [1.807, 2.05) is 0 Å². The molecule has 64 valence electrons. The summed E-state index contributed by atoms with van der Waals surface area (Å²) in [6.07, 6.45) is 8.47. The highest BCUT2D eigenvalue weighted by Crippen LogP contribution is 2.26. The molecule has 0 aromatic carbocycles. The van der Waals surface area contributed by atoms with Crippen molar-refractivity contribution in [2.45, 2.75) is 32.1 Å². The average Bonchev–Trinajstić information content (AvgIpc) is 2.80. The Kier molecular flexibility index (Phi) is 4.06. The summed E-state index contributed by atoms with van der Waals surface area (Å²) < 4.78 is 0. The third kappa shape index (κ3) is 4.85. The molecule has 0 aromatic heterocycles. The van der Waals surface area contributed by atoms with E-state index in [0.29, 0.717) is 0 Å². The first-order valence-corrected chi connectivity index (χ1v) is 4.55. The number of rotatable bonds is 6. The second-order valence-corrected chi connectivity index (χ2v) is 3.11. The van der Waals surface area contributed by atoms with Crippen molar-refractivity contribution in [2.24, 2.45) is 5.73 Å². The SMILES string of the molecule is NCCCCCNC=C1CC1. The van der Waals surface area contributed by atoms with Crippen molar-refractivity contribution in [3.05, 3.63) is 11.8 Å². The van der Waals surface area contributed by atoms with E-state index in [0.717, 1.165) is 19.5 Å². The van der Waals surface area contributed by atoms with Crippen molar-refractivity contribution in [1.82, 2.24) is 5.32 Å². The number of hydrogen-bond acceptors (Lipinski definition) is 2. The van der Waals surface area contributed by atoms with Gasteiger partial charge < -0.3 is 11.1 Å². The Morgan fingerprint density at radius 2 is 2.09 bits per heavy atom. The van der Waals surface area contributed by atoms with Crippen LogP contribution in [0.5, 0.6) is 0 Å². The van der Waals surface area contributed by atoms with E-state index < -0.39 is 0 Å². The minimum absolute atomic E-state index is 0.834. The van der Waals surface area contributed by atoms with Crippen LogP contribution in [0, 0.1) is 0 Å². The Labute approximate surface area is 68.9 Å². The zero-order valence-electron chi connectivity index (χ0n) is 7.10. The quantitative estimate of drug-likeness (QED) is 0.567. The fourth-order valence-corrected chi connectivity index (χ4v) is 0.981. The molecule has 0 atom stereocenters. The maximum Gasteiger partial charge on any atom is 0.0141 e. The third-order valence-corrected chi connectivity index (χ3v) is 1.87. The van der Waals surface area contributed by atoms with E-state index in [4.69, 9.17) is 5.73 Å². The van der Waals surface area contributed by atoms with Gasteiger partial charge in [0.15, 0.2) is 0 Å². The molecule has 1 fully saturated rings. The van der Waals surface area contributed by atoms with Crippen molar-refractivity contribution in [3.8, 4) is 0 Å². The lowest BCUT2D eigenvalue weighted by Crippen LogP contribution is -2.07. The second-order valence-electron chi connectivity index (χ2n) is 3.11. The molecular formula is C9H18N2. The summed E-state index contributed by atoms with van der Waals surface area (Å²) in [4.78, 5) is 0. The van der Waals surface area contributed by atoms with E-state index in [2.05, 4.69) is 11.5 Å². The number of nitrogens with one attached hydrogen (secondary N) is 1. The molecule has 0 heterocycles. The van der Waals surface area contributed by atoms with Gasteiger partial charge in [-0.1, -0.05) is 12.0 Å². The summed E-state index contributed by atoms with van der Waals surface area (Å²) in [5.41, 5.74) is 6.94. The first-order valence-electron chi connectivity index (χ1n) is 4.55. The van der Waals surface area contributed by atoms with Gasteiger partial charge in [0.2, 0.25) is 0 Å². The number of unbranched alkanes of at least 4 members (excludes halogenated alkanes) is 2. The van der Waals surface area contributed by atoms with Crippen LogP contribution in [-0.4, -0.2) is 13.1 Å². The summed E-state index contributed by atoms with van der Waals surface area (Å²) in [6.45, 7) is 1.95. The smallest absolute Gasteiger partial charge is 0.0141 e. The largest absolute Gasteiger partial charge is 0.391 e. The number of hydrogen-bond donors (Lipinski definition) is 2. The first kappa shape index (κ1) is 8.60. The molecule has 1 rings (SSSR count). The van der Waals surface area contributed by atoms with Gasteiger partial charge in [-0.25, -0.2) is 0 Å². The molecule has 1 aliphatic rings. The van der Waals surface area contributed by atoms with Crippen LogP contribution in [0.1, 0.15) is 32.1 Å². The molecule has 0 radical (unpaired) electrons. The average molecular weight is 154 g/mol. The van der Waals surface area contributed by atoms with Crippen LogP contribution in [0.2, 0.25) is 0 Å². The molecule has 0 amide bonds. The van der Waals surface area contributed by atoms with Crippen LogP contribution < -0.4 is 11.1 Å². The van der Waals surface area contributed by atoms with Gasteiger partial charge in [0, 0.05) is 6.54 Å². The topological polar surface area (TPSA) is 38.0 Å². The van der Waals surface area contributed by atoms with Gasteiger partial charge in [0.1, 0.15) is 0 Å². The van der Waals surface area contributed by atoms with Crippen LogP contribution in [0.3, 0.4) is 0 Å². The van der Waals surface area contributed by atoms with E-state index in [-0.39, 0.29) is 0 Å². The molecule has 0 aliphatic heterocycles. The van der Waals surface area contributed by atoms with E-state index >= 15 is 0 Å². The molecule has 0 bridgehead atoms. The van der Waals surface area contributed by atoms with Crippen LogP contribution in [0.25, 0.3) is 0 Å². The molecule has 0 aromatic rings. The number of nitrogens with two attached hydrogens (primary N) is 1. The Morgan fingerprint density at radius 3 is 2.73 bits per heavy atom. The van der Waals surface area contributed by atoms with Gasteiger partial charge in [-0.2, -0.15) is 0 Å². The molecule has 0 unspecified atom stereocenters. The van der Waals surface area contributed by atoms with Crippen LogP contribution >= 0.6 is 0 Å². The Morgan fingerprint density at radius 1 is 1.27 bits per heavy atom. The summed E-state index contributed by atoms with van der Waals surface area (Å²) >= 11 is 0. The van der Waals surface area contributed by atoms with Gasteiger partial charge in [0.05, 0.1) is 0 Å². The fraction of sp³-hybridized carbons (Fsp3) is 0.778. The molecule has 0 saturated heterocycles. The van der Waals surface area contributed by atoms with Crippen molar-refractivity contribution >= 4 is 0 Å². The van der Waals surface area contributed by atoms with E-state index in [1.54, 1.807) is 5.57 Å². The predicted molar refractivity (Wildman–Crippen MR) is 48.2 cm³/mol. The molecule has 2 heteroatoms. The molecular weight excluding hydrogens is 136 g/mol. The summed E-state index contributed by atoms with van der Waals surface area (Å²) in [5.74, 6) is 0. The van der Waals surface area contributed by atoms with Crippen molar-refractivity contribution < 1.29 is 0 Å². The summed E-state index contributed by atoms with van der Waals surface area (Å²) in [5, 5.41) is 3.30. The molecule has 0 spiro atoms. The highest BCUT2D eigenvalue weighted by molar-refractivity contribution is 5.14. The predicted octanol–water partition coefficient (Wildman–Crippen LogP) is 1.38. The Bertz CT molecular complexity index is 124. The first-order chi connectivity index (χ1) is 5.43. The highest BCUT2D eigenvalue weighted by Gasteiger charge is 2.08. The third-order valence-electron chi connectivity index (χ3n) is 1.87. The molecule has 3 N–H and O–H groups in total. The summed E-state index contributed by atoms with van der Waals surface area (Å²) in [7, 11) is 0. The van der Waals surface area contributed by atoms with Crippen LogP contribution in [0.15, 0.2) is 11.8 Å². The van der Waals surface area contributed by atoms with Crippen LogP contribution in [0.4, 0.5) is 0 Å². The minimum Gasteiger partial charge on any atom is -0.391 e. The highest BCUT2D eigenvalue weighted by atomic mass is 14.8. The van der Waals surface area contributed by atoms with Gasteiger partial charge in [-0.3, -0.25) is 0 Å². The lowest BCUT2D eigenvalue weighted by molar-refractivity contribution is 0.660. The summed E-state index contributed by atoms with van der Waals surface area (Å²) in [6, 6.07) is 0. The maximum absolute atomic E-state index is 5.37. The molecule has 2 nitrogen and oxygen atoms in total. The Balaban J connectivity index is 1.77. The van der Waals surface area contributed by atoms with Gasteiger partial charge in [-0.15, -0.1) is 0 Å². The molecule has 1 saturated carbocycles. The zero-order chi connectivity index (χ0) is 7.94. The van der Waals surface area contributed by atoms with E-state index in [1.165, 1.54) is 25.7 Å². The zero-order valence-corrected chi connectivity index (χ0v) is 7.10. The molecule has 1 aliphatic carbocycles. The van der Waals surface area contributed by atoms with Crippen molar-refractivity contribution in [2.75, 3.05) is 13.1 Å². The monoisotopic (exact) mass is 154 g/mol. The van der Waals surface area contributed by atoms with Gasteiger partial charge in [-0.05, 0) is 38.4 Å². The lowest BCUT2D eigenvalue weighted by Gasteiger charge is -1.98. The van der Waals surface area contributed by atoms with Gasteiger partial charge in [0.25, 0.3) is 0 Å². The standard InChI is InChI=1S/C9H18N2/c10-6-2-1-3-7-11-8-9-4-5-9/h8,11H,1-7,10H2. The molecule has 11 heavy (non-hydrogen) atoms. The number of allylic oxidation sites excluding steroid dienone is 1. The normalized spacial score (nSPS) is 14.8. The lowest BCUT2D eigenvalue weighted by atomic mass is 10.2. The van der Waals surface area contributed by atoms with Crippen molar-refractivity contribution in [3.63, 3.8) is 0 Å². The van der Waals surface area contributed by atoms with E-state index in [9.17, 15) is 0 Å².